The van der Waals surface area contributed by atoms with Crippen molar-refractivity contribution in [3.63, 3.8) is 0 Å². The number of carbonyl (C=O) groups is 1. The Balaban J connectivity index is 1.72. The van der Waals surface area contributed by atoms with E-state index in [1.165, 1.54) is 23.2 Å². The van der Waals surface area contributed by atoms with Crippen LogP contribution >= 0.6 is 11.6 Å². The number of carbonyl (C=O) groups excluding carboxylic acids is 1. The van der Waals surface area contributed by atoms with E-state index in [2.05, 4.69) is 20.4 Å². The molecule has 9 nitrogen and oxygen atoms in total. The van der Waals surface area contributed by atoms with Crippen LogP contribution in [0.1, 0.15) is 24.5 Å². The standard InChI is InChI=1S/C26H27ClF3N7O2/c1-3-36(24(38)21-10-17(28)12-32-21)22-13-37(35-23(22)16-7-8-20(27)15(2)9-16)26(33-14-31)34-18-5-4-6-19(11-18)39-25(29)30/h4-9,11,17,21-22,25,32H,3,10,12-13H2,1-2H3,(H,33,34)/t17-,21-,22+/m1/s1. The molecule has 0 saturated carbocycles. The fourth-order valence-electron chi connectivity index (χ4n) is 4.58. The minimum atomic E-state index is -3.00. The Morgan fingerprint density at radius 1 is 1.38 bits per heavy atom. The first-order valence-corrected chi connectivity index (χ1v) is 12.7. The highest BCUT2D eigenvalue weighted by atomic mass is 35.5. The molecule has 0 spiro atoms. The van der Waals surface area contributed by atoms with E-state index in [9.17, 15) is 23.2 Å². The van der Waals surface area contributed by atoms with Gasteiger partial charge in [-0.2, -0.15) is 19.1 Å². The molecule has 2 aromatic carbocycles. The van der Waals surface area contributed by atoms with E-state index in [1.54, 1.807) is 23.1 Å². The molecule has 2 N–H and O–H groups in total. The summed E-state index contributed by atoms with van der Waals surface area (Å²) in [6, 6.07) is 9.84. The van der Waals surface area contributed by atoms with Gasteiger partial charge in [0.2, 0.25) is 11.9 Å². The number of likely N-dealkylation sites (N-methyl/N-ethyl adjacent to an activating group) is 1. The van der Waals surface area contributed by atoms with Gasteiger partial charge < -0.3 is 15.0 Å². The lowest BCUT2D eigenvalue weighted by Crippen LogP contribution is -2.53. The SMILES string of the molecule is CCN(C(=O)[C@H]1C[C@@H](F)CN1)[C@H]1CN(C(=Nc2cccc(OC(F)F)c2)NC#N)N=C1c1ccc(Cl)c(C)c1. The Labute approximate surface area is 228 Å². The number of ether oxygens (including phenoxy) is 1. The van der Waals surface area contributed by atoms with Gasteiger partial charge in [0.15, 0.2) is 6.19 Å². The summed E-state index contributed by atoms with van der Waals surface area (Å²) in [5.41, 5.74) is 2.28. The number of hydrazone groups is 1. The smallest absolute Gasteiger partial charge is 0.387 e. The third-order valence-corrected chi connectivity index (χ3v) is 6.83. The molecule has 206 valence electrons. The average molecular weight is 562 g/mol. The number of nitrogens with one attached hydrogen (secondary N) is 2. The van der Waals surface area contributed by atoms with E-state index in [0.29, 0.717) is 22.8 Å². The molecule has 1 amide bonds. The molecule has 1 fully saturated rings. The minimum Gasteiger partial charge on any atom is -0.435 e. The number of benzene rings is 2. The molecule has 0 radical (unpaired) electrons. The van der Waals surface area contributed by atoms with Crippen LogP contribution in [0.2, 0.25) is 5.02 Å². The normalized spacial score (nSPS) is 21.1. The van der Waals surface area contributed by atoms with Crippen LogP contribution in [-0.4, -0.2) is 72.0 Å². The second-order valence-corrected chi connectivity index (χ2v) is 9.42. The van der Waals surface area contributed by atoms with Crippen molar-refractivity contribution in [1.82, 2.24) is 20.5 Å². The maximum absolute atomic E-state index is 13.9. The van der Waals surface area contributed by atoms with Crippen molar-refractivity contribution in [1.29, 1.82) is 5.26 Å². The molecule has 13 heteroatoms. The molecule has 0 bridgehead atoms. The second-order valence-electron chi connectivity index (χ2n) is 9.01. The number of hydrogen-bond donors (Lipinski definition) is 2. The van der Waals surface area contributed by atoms with Gasteiger partial charge in [-0.15, -0.1) is 0 Å². The summed E-state index contributed by atoms with van der Waals surface area (Å²) in [4.78, 5) is 19.5. The number of rotatable bonds is 7. The lowest BCUT2D eigenvalue weighted by atomic mass is 10.00. The Bertz CT molecular complexity index is 1320. The fraction of sp³-hybridized carbons (Fsp3) is 0.385. The van der Waals surface area contributed by atoms with Gasteiger partial charge in [0.25, 0.3) is 0 Å². The third kappa shape index (κ3) is 6.61. The Morgan fingerprint density at radius 3 is 2.82 bits per heavy atom. The molecule has 2 aliphatic heterocycles. The van der Waals surface area contributed by atoms with Crippen molar-refractivity contribution >= 4 is 34.9 Å². The van der Waals surface area contributed by atoms with Crippen molar-refractivity contribution in [2.75, 3.05) is 19.6 Å². The lowest BCUT2D eigenvalue weighted by Gasteiger charge is -2.31. The Morgan fingerprint density at radius 2 is 2.18 bits per heavy atom. The zero-order valence-electron chi connectivity index (χ0n) is 21.2. The van der Waals surface area contributed by atoms with E-state index in [0.717, 1.165) is 5.56 Å². The van der Waals surface area contributed by atoms with Crippen LogP contribution in [0, 0.1) is 18.4 Å². The summed E-state index contributed by atoms with van der Waals surface area (Å²) in [5.74, 6) is -0.337. The van der Waals surface area contributed by atoms with Crippen LogP contribution in [0.25, 0.3) is 0 Å². The monoisotopic (exact) mass is 561 g/mol. The third-order valence-electron chi connectivity index (χ3n) is 6.41. The molecule has 3 atom stereocenters. The van der Waals surface area contributed by atoms with Crippen LogP contribution in [-0.2, 0) is 4.79 Å². The molecule has 2 aliphatic rings. The summed E-state index contributed by atoms with van der Waals surface area (Å²) in [7, 11) is 0. The minimum absolute atomic E-state index is 0.0173. The molecular weight excluding hydrogens is 535 g/mol. The first-order chi connectivity index (χ1) is 18.7. The van der Waals surface area contributed by atoms with E-state index in [1.807, 2.05) is 26.1 Å². The summed E-state index contributed by atoms with van der Waals surface area (Å²) < 4.78 is 43.7. The highest BCUT2D eigenvalue weighted by Crippen LogP contribution is 2.26. The number of aliphatic imine (C=N–C) groups is 1. The van der Waals surface area contributed by atoms with Gasteiger partial charge in [-0.25, -0.2) is 14.4 Å². The van der Waals surface area contributed by atoms with Crippen LogP contribution in [0.4, 0.5) is 18.9 Å². The topological polar surface area (TPSA) is 105 Å². The molecule has 2 aromatic rings. The Kier molecular flexibility index (Phi) is 8.93. The average Bonchev–Trinajstić information content (AvgIpc) is 3.53. The van der Waals surface area contributed by atoms with E-state index >= 15 is 0 Å². The van der Waals surface area contributed by atoms with Gasteiger partial charge >= 0.3 is 6.61 Å². The lowest BCUT2D eigenvalue weighted by molar-refractivity contribution is -0.134. The van der Waals surface area contributed by atoms with Gasteiger partial charge in [-0.05, 0) is 43.7 Å². The maximum atomic E-state index is 13.9. The second kappa shape index (κ2) is 12.4. The predicted molar refractivity (Wildman–Crippen MR) is 141 cm³/mol. The molecule has 0 unspecified atom stereocenters. The molecule has 0 aromatic heterocycles. The highest BCUT2D eigenvalue weighted by Gasteiger charge is 2.40. The van der Waals surface area contributed by atoms with Crippen molar-refractivity contribution in [3.05, 3.63) is 58.6 Å². The number of aryl methyl sites for hydroxylation is 1. The summed E-state index contributed by atoms with van der Waals surface area (Å²) in [6.45, 7) is 1.23. The zero-order chi connectivity index (χ0) is 28.1. The molecule has 4 rings (SSSR count). The predicted octanol–water partition coefficient (Wildman–Crippen LogP) is 3.95. The number of alkyl halides is 3. The first kappa shape index (κ1) is 28.2. The van der Waals surface area contributed by atoms with Gasteiger partial charge in [-0.1, -0.05) is 23.7 Å². The fourth-order valence-corrected chi connectivity index (χ4v) is 4.70. The number of hydrogen-bond acceptors (Lipinski definition) is 6. The zero-order valence-corrected chi connectivity index (χ0v) is 22.0. The summed E-state index contributed by atoms with van der Waals surface area (Å²) >= 11 is 6.24. The molecule has 2 heterocycles. The van der Waals surface area contributed by atoms with Crippen molar-refractivity contribution in [2.45, 2.75) is 45.1 Å². The number of nitrogens with zero attached hydrogens (tertiary/aromatic N) is 5. The number of nitriles is 1. The molecule has 39 heavy (non-hydrogen) atoms. The quantitative estimate of drug-likeness (QED) is 0.230. The molecule has 0 aliphatic carbocycles. The van der Waals surface area contributed by atoms with Crippen molar-refractivity contribution in [3.8, 4) is 11.9 Å². The van der Waals surface area contributed by atoms with Gasteiger partial charge in [0, 0.05) is 36.2 Å². The maximum Gasteiger partial charge on any atom is 0.387 e. The van der Waals surface area contributed by atoms with Crippen molar-refractivity contribution in [2.24, 2.45) is 10.1 Å². The van der Waals surface area contributed by atoms with Crippen molar-refractivity contribution < 1.29 is 22.7 Å². The first-order valence-electron chi connectivity index (χ1n) is 12.3. The Hall–Kier alpha value is -3.82. The van der Waals surface area contributed by atoms with E-state index < -0.39 is 24.9 Å². The summed E-state index contributed by atoms with van der Waals surface area (Å²) in [5, 5.41) is 21.6. The van der Waals surface area contributed by atoms with Crippen LogP contribution in [0.15, 0.2) is 52.6 Å². The van der Waals surface area contributed by atoms with Crippen LogP contribution in [0.3, 0.4) is 0 Å². The van der Waals surface area contributed by atoms with E-state index in [-0.39, 0.29) is 42.8 Å². The van der Waals surface area contributed by atoms with Gasteiger partial charge in [-0.3, -0.25) is 10.1 Å². The summed E-state index contributed by atoms with van der Waals surface area (Å²) in [6.07, 6.45) is 0.799. The number of guanidine groups is 1. The van der Waals surface area contributed by atoms with Crippen LogP contribution in [0.5, 0.6) is 5.75 Å². The van der Waals surface area contributed by atoms with Crippen LogP contribution < -0.4 is 15.4 Å². The van der Waals surface area contributed by atoms with E-state index in [4.69, 9.17) is 16.7 Å². The van der Waals surface area contributed by atoms with Gasteiger partial charge in [0.1, 0.15) is 11.9 Å². The molecule has 1 saturated heterocycles. The number of halogens is 4. The largest absolute Gasteiger partial charge is 0.435 e. The number of amides is 1. The van der Waals surface area contributed by atoms with Gasteiger partial charge in [0.05, 0.1) is 30.0 Å². The highest BCUT2D eigenvalue weighted by molar-refractivity contribution is 6.31. The molecular formula is C26H27ClF3N7O2.